The van der Waals surface area contributed by atoms with Gasteiger partial charge in [-0.05, 0) is 29.8 Å². The Bertz CT molecular complexity index is 1300. The lowest BCUT2D eigenvalue weighted by Crippen LogP contribution is -2.48. The van der Waals surface area contributed by atoms with Crippen LogP contribution in [0.2, 0.25) is 10.0 Å². The highest BCUT2D eigenvalue weighted by molar-refractivity contribution is 7.92. The number of piperazine rings is 1. The first-order valence-electron chi connectivity index (χ1n) is 10.6. The lowest BCUT2D eigenvalue weighted by molar-refractivity contribution is 0.0628. The van der Waals surface area contributed by atoms with E-state index >= 15 is 0 Å². The largest absolute Gasteiger partial charge is 0.336 e. The highest BCUT2D eigenvalue weighted by Gasteiger charge is 2.27. The molecule has 4 rings (SSSR count). The summed E-state index contributed by atoms with van der Waals surface area (Å²) >= 11 is 12.4. The monoisotopic (exact) mass is 521 g/mol. The van der Waals surface area contributed by atoms with Crippen molar-refractivity contribution in [1.82, 2.24) is 9.80 Å². The van der Waals surface area contributed by atoms with E-state index in [0.29, 0.717) is 26.2 Å². The number of nitrogens with one attached hydrogen (secondary N) is 1. The zero-order valence-corrected chi connectivity index (χ0v) is 20.4. The summed E-state index contributed by atoms with van der Waals surface area (Å²) in [5.41, 5.74) is 0.993. The maximum Gasteiger partial charge on any atom is 0.263 e. The molecule has 0 radical (unpaired) electrons. The molecule has 1 amide bonds. The number of hydrogen-bond donors (Lipinski definition) is 1. The van der Waals surface area contributed by atoms with E-state index in [4.69, 9.17) is 23.2 Å². The number of halogens is 3. The maximum atomic E-state index is 14.0. The molecular weight excluding hydrogens is 500 g/mol. The smallest absolute Gasteiger partial charge is 0.263 e. The molecule has 34 heavy (non-hydrogen) atoms. The first-order chi connectivity index (χ1) is 16.2. The number of anilines is 1. The van der Waals surface area contributed by atoms with Gasteiger partial charge >= 0.3 is 0 Å². The summed E-state index contributed by atoms with van der Waals surface area (Å²) in [7, 11) is -4.27. The van der Waals surface area contributed by atoms with Crippen LogP contribution in [0.1, 0.15) is 15.9 Å². The van der Waals surface area contributed by atoms with Gasteiger partial charge in [-0.25, -0.2) is 12.8 Å². The molecule has 1 N–H and O–H groups in total. The molecule has 0 aliphatic carbocycles. The van der Waals surface area contributed by atoms with Crippen molar-refractivity contribution in [2.75, 3.05) is 30.9 Å². The Morgan fingerprint density at radius 3 is 2.24 bits per heavy atom. The summed E-state index contributed by atoms with van der Waals surface area (Å²) in [4.78, 5) is 16.7. The summed E-state index contributed by atoms with van der Waals surface area (Å²) in [5, 5.41) is -0.121. The van der Waals surface area contributed by atoms with Crippen LogP contribution >= 0.6 is 23.2 Å². The average molecular weight is 522 g/mol. The molecule has 1 aliphatic heterocycles. The van der Waals surface area contributed by atoms with Gasteiger partial charge in [0.15, 0.2) is 0 Å². The molecule has 0 unspecified atom stereocenters. The van der Waals surface area contributed by atoms with Gasteiger partial charge < -0.3 is 4.90 Å². The predicted octanol–water partition coefficient (Wildman–Crippen LogP) is 4.89. The summed E-state index contributed by atoms with van der Waals surface area (Å²) in [6, 6.07) is 17.8. The van der Waals surface area contributed by atoms with Gasteiger partial charge in [0.1, 0.15) is 10.7 Å². The van der Waals surface area contributed by atoms with Crippen LogP contribution in [0.4, 0.5) is 10.1 Å². The van der Waals surface area contributed by atoms with Crippen LogP contribution in [-0.2, 0) is 16.6 Å². The van der Waals surface area contributed by atoms with Crippen LogP contribution in [0.15, 0.2) is 71.6 Å². The van der Waals surface area contributed by atoms with Crippen molar-refractivity contribution in [3.63, 3.8) is 0 Å². The molecule has 1 heterocycles. The fourth-order valence-corrected chi connectivity index (χ4v) is 5.69. The van der Waals surface area contributed by atoms with Gasteiger partial charge in [0, 0.05) is 32.7 Å². The lowest BCUT2D eigenvalue weighted by atomic mass is 10.1. The predicted molar refractivity (Wildman–Crippen MR) is 131 cm³/mol. The normalized spacial score (nSPS) is 14.7. The summed E-state index contributed by atoms with van der Waals surface area (Å²) in [6.45, 7) is 3.08. The standard InChI is InChI=1S/C24H22Cl2FN3O3S/c25-19-15-20(26)23(34(32,33)28-22-9-5-4-8-21(22)27)14-18(19)24(31)30-12-10-29(11-13-30)16-17-6-2-1-3-7-17/h1-9,14-15,28H,10-13,16H2. The van der Waals surface area contributed by atoms with Gasteiger partial charge in [-0.15, -0.1) is 0 Å². The van der Waals surface area contributed by atoms with Crippen molar-refractivity contribution in [3.05, 3.63) is 93.7 Å². The second kappa shape index (κ2) is 10.3. The van der Waals surface area contributed by atoms with Gasteiger partial charge in [0.25, 0.3) is 15.9 Å². The summed E-state index contributed by atoms with van der Waals surface area (Å²) < 4.78 is 42.0. The van der Waals surface area contributed by atoms with Crippen molar-refractivity contribution < 1.29 is 17.6 Å². The van der Waals surface area contributed by atoms with Crippen molar-refractivity contribution in [3.8, 4) is 0 Å². The molecule has 0 saturated carbocycles. The first-order valence-corrected chi connectivity index (χ1v) is 12.8. The van der Waals surface area contributed by atoms with E-state index in [1.807, 2.05) is 18.2 Å². The van der Waals surface area contributed by atoms with E-state index < -0.39 is 15.8 Å². The Morgan fingerprint density at radius 2 is 1.56 bits per heavy atom. The molecule has 0 bridgehead atoms. The Morgan fingerprint density at radius 1 is 0.912 bits per heavy atom. The summed E-state index contributed by atoms with van der Waals surface area (Å²) in [5.74, 6) is -1.12. The molecule has 178 valence electrons. The minimum absolute atomic E-state index is 0.0245. The van der Waals surface area contributed by atoms with Gasteiger partial charge in [-0.1, -0.05) is 65.7 Å². The lowest BCUT2D eigenvalue weighted by Gasteiger charge is -2.35. The molecule has 3 aromatic rings. The molecule has 0 atom stereocenters. The molecule has 1 saturated heterocycles. The second-order valence-electron chi connectivity index (χ2n) is 7.90. The van der Waals surface area contributed by atoms with Gasteiger partial charge in [-0.3, -0.25) is 14.4 Å². The van der Waals surface area contributed by atoms with Crippen LogP contribution < -0.4 is 4.72 Å². The molecule has 1 fully saturated rings. The zero-order chi connectivity index (χ0) is 24.3. The molecule has 6 nitrogen and oxygen atoms in total. The number of carbonyl (C=O) groups excluding carboxylic acids is 1. The topological polar surface area (TPSA) is 69.7 Å². The van der Waals surface area contributed by atoms with Crippen LogP contribution in [0.25, 0.3) is 0 Å². The van der Waals surface area contributed by atoms with Crippen molar-refractivity contribution in [2.24, 2.45) is 0 Å². The average Bonchev–Trinajstić information content (AvgIpc) is 2.81. The Kier molecular flexibility index (Phi) is 7.42. The van der Waals surface area contributed by atoms with Crippen LogP contribution in [-0.4, -0.2) is 50.3 Å². The third-order valence-corrected chi connectivity index (χ3v) is 7.71. The fraction of sp³-hybridized carbons (Fsp3) is 0.208. The number of sulfonamides is 1. The minimum atomic E-state index is -4.27. The SMILES string of the molecule is O=C(c1cc(S(=O)(=O)Nc2ccccc2F)c(Cl)cc1Cl)N1CCN(Cc2ccccc2)CC1. The highest BCUT2D eigenvalue weighted by Crippen LogP contribution is 2.31. The number of para-hydroxylation sites is 1. The molecule has 0 spiro atoms. The fourth-order valence-electron chi connectivity index (χ4n) is 3.76. The summed E-state index contributed by atoms with van der Waals surface area (Å²) in [6.07, 6.45) is 0. The number of benzene rings is 3. The van der Waals surface area contributed by atoms with Crippen molar-refractivity contribution in [2.45, 2.75) is 11.4 Å². The van der Waals surface area contributed by atoms with Gasteiger partial charge in [-0.2, -0.15) is 0 Å². The number of hydrogen-bond acceptors (Lipinski definition) is 4. The molecule has 3 aromatic carbocycles. The van der Waals surface area contributed by atoms with E-state index in [-0.39, 0.29) is 32.1 Å². The molecular formula is C24H22Cl2FN3O3S. The highest BCUT2D eigenvalue weighted by atomic mass is 35.5. The van der Waals surface area contributed by atoms with E-state index in [1.54, 1.807) is 4.90 Å². The molecule has 0 aromatic heterocycles. The number of nitrogens with zero attached hydrogens (tertiary/aromatic N) is 2. The van der Waals surface area contributed by atoms with E-state index in [0.717, 1.165) is 18.7 Å². The van der Waals surface area contributed by atoms with Gasteiger partial charge in [0.05, 0.1) is 21.3 Å². The maximum absolute atomic E-state index is 14.0. The zero-order valence-electron chi connectivity index (χ0n) is 18.0. The second-order valence-corrected chi connectivity index (χ2v) is 10.4. The van der Waals surface area contributed by atoms with Gasteiger partial charge in [0.2, 0.25) is 0 Å². The number of carbonyl (C=O) groups is 1. The van der Waals surface area contributed by atoms with Crippen molar-refractivity contribution in [1.29, 1.82) is 0 Å². The minimum Gasteiger partial charge on any atom is -0.336 e. The van der Waals surface area contributed by atoms with Crippen molar-refractivity contribution >= 4 is 44.8 Å². The number of amides is 1. The Balaban J connectivity index is 1.50. The first kappa shape index (κ1) is 24.5. The van der Waals surface area contributed by atoms with E-state index in [1.165, 1.54) is 29.8 Å². The molecule has 10 heteroatoms. The van der Waals surface area contributed by atoms with Crippen LogP contribution in [0.3, 0.4) is 0 Å². The Labute approximate surface area is 207 Å². The quantitative estimate of drug-likeness (QED) is 0.501. The number of rotatable bonds is 6. The van der Waals surface area contributed by atoms with Crippen LogP contribution in [0, 0.1) is 5.82 Å². The Hall–Kier alpha value is -2.65. The third-order valence-electron chi connectivity index (χ3n) is 5.57. The van der Waals surface area contributed by atoms with E-state index in [9.17, 15) is 17.6 Å². The van der Waals surface area contributed by atoms with Crippen LogP contribution in [0.5, 0.6) is 0 Å². The van der Waals surface area contributed by atoms with E-state index in [2.05, 4.69) is 21.8 Å². The molecule has 1 aliphatic rings. The third kappa shape index (κ3) is 5.52.